The number of aliphatic hydroxyl groups excluding tert-OH is 1. The van der Waals surface area contributed by atoms with Gasteiger partial charge in [0.2, 0.25) is 0 Å². The summed E-state index contributed by atoms with van der Waals surface area (Å²) in [7, 11) is -4.80. The van der Waals surface area contributed by atoms with E-state index < -0.39 is 64.4 Å². The van der Waals surface area contributed by atoms with Gasteiger partial charge in [-0.05, 0) is 109 Å². The molecule has 0 aromatic heterocycles. The van der Waals surface area contributed by atoms with E-state index in [0.717, 1.165) is 77.0 Å². The molecular formula is C68H109O11P. The Morgan fingerprint density at radius 2 is 0.713 bits per heavy atom. The summed E-state index contributed by atoms with van der Waals surface area (Å²) in [5, 5.41) is 9.85. The molecule has 2 N–H and O–H groups in total. The van der Waals surface area contributed by atoms with Gasteiger partial charge in [0.15, 0.2) is 6.10 Å². The van der Waals surface area contributed by atoms with Crippen LogP contribution in [0.1, 0.15) is 226 Å². The van der Waals surface area contributed by atoms with Gasteiger partial charge in [0.25, 0.3) is 0 Å². The summed E-state index contributed by atoms with van der Waals surface area (Å²) < 4.78 is 39.4. The number of phosphoric acid groups is 1. The lowest BCUT2D eigenvalue weighted by Crippen LogP contribution is -2.30. The van der Waals surface area contributed by atoms with E-state index in [-0.39, 0.29) is 19.3 Å². The topological polar surface area (TPSA) is 155 Å². The maximum absolute atomic E-state index is 12.9. The predicted molar refractivity (Wildman–Crippen MR) is 334 cm³/mol. The molecule has 80 heavy (non-hydrogen) atoms. The van der Waals surface area contributed by atoms with Crippen molar-refractivity contribution in [2.45, 2.75) is 238 Å². The van der Waals surface area contributed by atoms with E-state index in [1.807, 2.05) is 24.3 Å². The molecule has 0 rings (SSSR count). The average Bonchev–Trinajstić information content (AvgIpc) is 3.45. The van der Waals surface area contributed by atoms with Gasteiger partial charge in [0.1, 0.15) is 12.7 Å². The van der Waals surface area contributed by atoms with Gasteiger partial charge in [-0.25, -0.2) is 4.57 Å². The maximum atomic E-state index is 12.9. The van der Waals surface area contributed by atoms with Crippen molar-refractivity contribution in [3.63, 3.8) is 0 Å². The Kier molecular flexibility index (Phi) is 56.9. The van der Waals surface area contributed by atoms with E-state index in [0.29, 0.717) is 25.7 Å². The van der Waals surface area contributed by atoms with Gasteiger partial charge in [-0.2, -0.15) is 0 Å². The number of hydrogen-bond donors (Lipinski definition) is 2. The molecule has 452 valence electrons. The van der Waals surface area contributed by atoms with Crippen LogP contribution < -0.4 is 0 Å². The third-order valence-electron chi connectivity index (χ3n) is 12.3. The molecule has 0 heterocycles. The Labute approximate surface area is 486 Å². The van der Waals surface area contributed by atoms with E-state index in [2.05, 4.69) is 136 Å². The Bertz CT molecular complexity index is 1900. The quantitative estimate of drug-likeness (QED) is 0.0197. The zero-order valence-electron chi connectivity index (χ0n) is 50.0. The smallest absolute Gasteiger partial charge is 0.461 e. The molecule has 0 bridgehead atoms. The van der Waals surface area contributed by atoms with Crippen LogP contribution in [0.3, 0.4) is 0 Å². The number of allylic oxidation sites excluding steroid dienone is 23. The second-order valence-corrected chi connectivity index (χ2v) is 21.2. The minimum Gasteiger partial charge on any atom is -0.461 e. The van der Waals surface area contributed by atoms with Crippen LogP contribution in [0.15, 0.2) is 146 Å². The van der Waals surface area contributed by atoms with Crippen LogP contribution in [0.5, 0.6) is 0 Å². The summed E-state index contributed by atoms with van der Waals surface area (Å²) in [4.78, 5) is 48.6. The molecule has 0 saturated heterocycles. The number of rotatable bonds is 55. The first kappa shape index (κ1) is 75.4. The van der Waals surface area contributed by atoms with Crippen molar-refractivity contribution in [3.8, 4) is 0 Å². The molecular weight excluding hydrogens is 1020 g/mol. The highest BCUT2D eigenvalue weighted by Crippen LogP contribution is 2.43. The second-order valence-electron chi connectivity index (χ2n) is 19.8. The van der Waals surface area contributed by atoms with Crippen molar-refractivity contribution >= 4 is 25.7 Å². The molecule has 0 amide bonds. The molecule has 0 fully saturated rings. The zero-order chi connectivity index (χ0) is 58.3. The predicted octanol–water partition coefficient (Wildman–Crippen LogP) is 18.7. The summed E-state index contributed by atoms with van der Waals surface area (Å²) in [6.45, 7) is 4.21. The first-order chi connectivity index (χ1) is 39.2. The average molecular weight is 1130 g/mol. The number of unbranched alkanes of at least 4 members (excludes halogenated alkanes) is 15. The Morgan fingerprint density at radius 1 is 0.375 bits per heavy atom. The maximum Gasteiger partial charge on any atom is 0.472 e. The summed E-state index contributed by atoms with van der Waals surface area (Å²) in [5.74, 6) is -1.74. The van der Waals surface area contributed by atoms with Gasteiger partial charge in [0, 0.05) is 12.8 Å². The fourth-order valence-electron chi connectivity index (χ4n) is 7.68. The molecule has 3 unspecified atom stereocenters. The van der Waals surface area contributed by atoms with E-state index in [4.69, 9.17) is 23.3 Å². The first-order valence-electron chi connectivity index (χ1n) is 30.7. The van der Waals surface area contributed by atoms with E-state index in [1.54, 1.807) is 6.08 Å². The highest BCUT2D eigenvalue weighted by atomic mass is 31.2. The standard InChI is InChI=1S/C68H109O11P/c1-4-7-10-13-16-19-22-25-28-30-32-34-37-40-43-46-49-52-55-58-67(71)78-64(60-69)62-76-80(73,74)77-63-65(61-75-66(70)57-54-51-48-45-42-39-36-27-24-21-18-15-12-9-6-3)79-68(72)59-56-53-50-47-44-41-38-35-33-31-29-26-23-20-17-14-11-8-5-2/h8-9,11-12,17-18,20-21,25-29,33,35-36,41-42,44-45,50-51,53-54,64-65,69H,4-7,10,13-16,19,22-24,30-32,34,37-40,43,46-49,52,55-63H2,1-3H3,(H,73,74)/b11-8-,12-9-,20-17-,21-18-,28-25-,29-26-,35-33-,36-27-,44-41-,45-42-,53-50-,54-51-. The molecule has 0 aromatic carbocycles. The molecule has 0 spiro atoms. The summed E-state index contributed by atoms with van der Waals surface area (Å²) in [5.41, 5.74) is 0. The van der Waals surface area contributed by atoms with Crippen LogP contribution in [0, 0.1) is 0 Å². The van der Waals surface area contributed by atoms with Crippen molar-refractivity contribution in [2.24, 2.45) is 0 Å². The fourth-order valence-corrected chi connectivity index (χ4v) is 8.47. The van der Waals surface area contributed by atoms with Gasteiger partial charge in [0.05, 0.1) is 26.2 Å². The second kappa shape index (κ2) is 60.5. The van der Waals surface area contributed by atoms with Crippen molar-refractivity contribution in [1.82, 2.24) is 0 Å². The molecule has 11 nitrogen and oxygen atoms in total. The van der Waals surface area contributed by atoms with Crippen molar-refractivity contribution in [2.75, 3.05) is 26.4 Å². The molecule has 12 heteroatoms. The molecule has 0 saturated carbocycles. The Hall–Kier alpha value is -4.64. The van der Waals surface area contributed by atoms with Crippen LogP contribution >= 0.6 is 7.82 Å². The van der Waals surface area contributed by atoms with E-state index in [9.17, 15) is 28.9 Å². The van der Waals surface area contributed by atoms with Gasteiger partial charge in [-0.1, -0.05) is 244 Å². The number of phosphoric ester groups is 1. The molecule has 0 aliphatic carbocycles. The normalized spacial score (nSPS) is 14.3. The lowest BCUT2D eigenvalue weighted by Gasteiger charge is -2.21. The molecule has 0 aliphatic rings. The highest BCUT2D eigenvalue weighted by Gasteiger charge is 2.28. The van der Waals surface area contributed by atoms with Crippen LogP contribution in [-0.4, -0.2) is 66.5 Å². The first-order valence-corrected chi connectivity index (χ1v) is 32.2. The van der Waals surface area contributed by atoms with Gasteiger partial charge in [-0.3, -0.25) is 23.4 Å². The summed E-state index contributed by atoms with van der Waals surface area (Å²) >= 11 is 0. The number of ether oxygens (including phenoxy) is 3. The number of carbonyl (C=O) groups is 3. The number of hydrogen-bond acceptors (Lipinski definition) is 10. The lowest BCUT2D eigenvalue weighted by atomic mass is 10.1. The third-order valence-corrected chi connectivity index (χ3v) is 13.2. The van der Waals surface area contributed by atoms with Crippen molar-refractivity contribution in [3.05, 3.63) is 146 Å². The number of carbonyl (C=O) groups excluding carboxylic acids is 3. The number of esters is 3. The lowest BCUT2D eigenvalue weighted by molar-refractivity contribution is -0.160. The molecule has 3 atom stereocenters. The van der Waals surface area contributed by atoms with E-state index >= 15 is 0 Å². The Balaban J connectivity index is 4.88. The van der Waals surface area contributed by atoms with Gasteiger partial charge < -0.3 is 24.2 Å². The third kappa shape index (κ3) is 58.0. The van der Waals surface area contributed by atoms with Crippen molar-refractivity contribution in [1.29, 1.82) is 0 Å². The van der Waals surface area contributed by atoms with Crippen LogP contribution in [0.4, 0.5) is 0 Å². The van der Waals surface area contributed by atoms with Crippen molar-refractivity contribution < 1.29 is 52.2 Å². The van der Waals surface area contributed by atoms with Crippen LogP contribution in [0.25, 0.3) is 0 Å². The summed E-state index contributed by atoms with van der Waals surface area (Å²) in [6, 6.07) is 0. The largest absolute Gasteiger partial charge is 0.472 e. The SMILES string of the molecule is CC/C=C\C/C=C\C/C=C\C/C=C\C/C=C\C/C=C\CCC(=O)OC(COC(=O)C/C=C\C/C=C\C/C=C\C/C=C\C/C=C\CC)COP(=O)(O)OCC(CO)OC(=O)CCCCCCCCCCC/C=C\CCCCCCCC. The van der Waals surface area contributed by atoms with Gasteiger partial charge in [-0.15, -0.1) is 0 Å². The van der Waals surface area contributed by atoms with E-state index in [1.165, 1.54) is 83.5 Å². The zero-order valence-corrected chi connectivity index (χ0v) is 50.9. The summed E-state index contributed by atoms with van der Waals surface area (Å²) in [6.07, 6.45) is 78.5. The monoisotopic (exact) mass is 1130 g/mol. The number of aliphatic hydroxyl groups is 1. The Morgan fingerprint density at radius 3 is 1.14 bits per heavy atom. The minimum absolute atomic E-state index is 0.0152. The van der Waals surface area contributed by atoms with Crippen LogP contribution in [-0.2, 0) is 42.2 Å². The fraction of sp³-hybridized carbons (Fsp3) is 0.603. The van der Waals surface area contributed by atoms with Crippen LogP contribution in [0.2, 0.25) is 0 Å². The molecule has 0 radical (unpaired) electrons. The van der Waals surface area contributed by atoms with Gasteiger partial charge >= 0.3 is 25.7 Å². The molecule has 0 aliphatic heterocycles. The molecule has 0 aromatic rings. The minimum atomic E-state index is -4.80. The highest BCUT2D eigenvalue weighted by molar-refractivity contribution is 7.47.